The van der Waals surface area contributed by atoms with Crippen LogP contribution in [0.25, 0.3) is 0 Å². The summed E-state index contributed by atoms with van der Waals surface area (Å²) >= 11 is 3.58. The number of aliphatic carboxylic acids is 1. The molecule has 0 saturated carbocycles. The number of alkyl halides is 1. The average molecular weight is 451 g/mol. The lowest BCUT2D eigenvalue weighted by atomic mass is 9.66. The van der Waals surface area contributed by atoms with Gasteiger partial charge in [0, 0.05) is 22.2 Å². The van der Waals surface area contributed by atoms with Crippen LogP contribution in [0.1, 0.15) is 77.3 Å². The Hall–Kier alpha value is -1.49. The van der Waals surface area contributed by atoms with Crippen LogP contribution in [-0.2, 0) is 10.2 Å². The van der Waals surface area contributed by atoms with Crippen molar-refractivity contribution in [2.45, 2.75) is 82.1 Å². The first kappa shape index (κ1) is 21.2. The molecule has 0 aromatic heterocycles. The van der Waals surface area contributed by atoms with Gasteiger partial charge in [-0.25, -0.2) is 0 Å². The van der Waals surface area contributed by atoms with E-state index in [1.807, 2.05) is 13.0 Å². The van der Waals surface area contributed by atoms with Crippen LogP contribution in [0, 0.1) is 5.92 Å². The van der Waals surface area contributed by atoms with E-state index >= 15 is 0 Å². The van der Waals surface area contributed by atoms with E-state index in [0.717, 1.165) is 24.8 Å². The van der Waals surface area contributed by atoms with Gasteiger partial charge in [-0.3, -0.25) is 4.79 Å². The zero-order chi connectivity index (χ0) is 20.9. The van der Waals surface area contributed by atoms with Gasteiger partial charge >= 0.3 is 5.97 Å². The van der Waals surface area contributed by atoms with Crippen molar-refractivity contribution in [1.29, 1.82) is 0 Å². The van der Waals surface area contributed by atoms with E-state index in [1.54, 1.807) is 13.0 Å². The minimum Gasteiger partial charge on any atom is -0.508 e. The number of benzene rings is 1. The summed E-state index contributed by atoms with van der Waals surface area (Å²) in [6.45, 7) is 10.1. The van der Waals surface area contributed by atoms with Gasteiger partial charge < -0.3 is 14.9 Å². The summed E-state index contributed by atoms with van der Waals surface area (Å²) in [4.78, 5) is 12.3. The molecule has 28 heavy (non-hydrogen) atoms. The van der Waals surface area contributed by atoms with E-state index in [2.05, 4.69) is 42.8 Å². The van der Waals surface area contributed by atoms with Crippen molar-refractivity contribution < 1.29 is 19.7 Å². The maximum absolute atomic E-state index is 12.2. The molecule has 4 atom stereocenters. The summed E-state index contributed by atoms with van der Waals surface area (Å²) in [6, 6.07) is 3.50. The molecule has 1 aromatic carbocycles. The van der Waals surface area contributed by atoms with E-state index in [9.17, 15) is 15.0 Å². The number of halogens is 1. The molecular weight excluding hydrogens is 420 g/mol. The number of carboxylic acid groups (broad SMARTS) is 1. The van der Waals surface area contributed by atoms with Crippen LogP contribution in [-0.4, -0.2) is 26.6 Å². The second-order valence-electron chi connectivity index (χ2n) is 9.16. The zero-order valence-corrected chi connectivity index (χ0v) is 19.0. The van der Waals surface area contributed by atoms with Crippen LogP contribution >= 0.6 is 15.9 Å². The predicted molar refractivity (Wildman–Crippen MR) is 115 cm³/mol. The van der Waals surface area contributed by atoms with Crippen molar-refractivity contribution in [2.24, 2.45) is 5.92 Å². The average Bonchev–Trinajstić information content (AvgIpc) is 2.59. The second kappa shape index (κ2) is 7.40. The highest BCUT2D eigenvalue weighted by Gasteiger charge is 2.47. The van der Waals surface area contributed by atoms with Crippen LogP contribution in [0.5, 0.6) is 11.5 Å². The summed E-state index contributed by atoms with van der Waals surface area (Å²) in [7, 11) is 0. The standard InChI is InChI=1S/C23H31BrO4/c1-6-15(24)12-23(5,21(26)27)14-10-18(25)20-16-9-13(2)7-8-17(16)22(3,4)28-19(20)11-14/h7,10-11,15-17,25H,6,8-9,12H2,1-5H3,(H,26,27)/t15?,16-,17-,23?/m1/s1. The SMILES string of the molecule is CCC(Br)CC(C)(C(=O)O)c1cc(O)c2c(c1)OC(C)(C)[C@@H]1CC=C(C)C[C@@H]21. The molecule has 1 aliphatic heterocycles. The van der Waals surface area contributed by atoms with Crippen LogP contribution in [0.2, 0.25) is 0 Å². The van der Waals surface area contributed by atoms with Gasteiger partial charge in [-0.15, -0.1) is 0 Å². The Balaban J connectivity index is 2.12. The number of phenolic OH excluding ortho intramolecular Hbond substituents is 1. The van der Waals surface area contributed by atoms with Crippen LogP contribution in [0.15, 0.2) is 23.8 Å². The van der Waals surface area contributed by atoms with Gasteiger partial charge in [-0.2, -0.15) is 0 Å². The van der Waals surface area contributed by atoms with Crippen LogP contribution in [0.3, 0.4) is 0 Å². The normalized spacial score (nSPS) is 26.1. The molecule has 2 N–H and O–H groups in total. The van der Waals surface area contributed by atoms with Gasteiger partial charge in [0.15, 0.2) is 0 Å². The quantitative estimate of drug-likeness (QED) is 0.432. The topological polar surface area (TPSA) is 66.8 Å². The molecular formula is C23H31BrO4. The van der Waals surface area contributed by atoms with Gasteiger partial charge in [0.05, 0.1) is 5.41 Å². The van der Waals surface area contributed by atoms with Crippen molar-refractivity contribution in [2.75, 3.05) is 0 Å². The monoisotopic (exact) mass is 450 g/mol. The zero-order valence-electron chi connectivity index (χ0n) is 17.4. The van der Waals surface area contributed by atoms with Gasteiger partial charge in [0.1, 0.15) is 17.1 Å². The number of hydrogen-bond donors (Lipinski definition) is 2. The third-order valence-corrected chi connectivity index (χ3v) is 7.66. The maximum Gasteiger partial charge on any atom is 0.313 e. The molecule has 2 aliphatic rings. The van der Waals surface area contributed by atoms with Gasteiger partial charge in [-0.1, -0.05) is 34.5 Å². The fourth-order valence-electron chi connectivity index (χ4n) is 4.80. The summed E-state index contributed by atoms with van der Waals surface area (Å²) in [5, 5.41) is 21.0. The first-order valence-electron chi connectivity index (χ1n) is 10.1. The molecule has 2 unspecified atom stereocenters. The van der Waals surface area contributed by atoms with Crippen molar-refractivity contribution in [3.8, 4) is 11.5 Å². The molecule has 154 valence electrons. The highest BCUT2D eigenvalue weighted by atomic mass is 79.9. The van der Waals surface area contributed by atoms with Gasteiger partial charge in [0.2, 0.25) is 0 Å². The number of phenols is 1. The minimum absolute atomic E-state index is 0.0830. The summed E-state index contributed by atoms with van der Waals surface area (Å²) in [5.41, 5.74) is 1.27. The summed E-state index contributed by atoms with van der Waals surface area (Å²) in [6.07, 6.45) is 5.36. The molecule has 0 saturated heterocycles. The largest absolute Gasteiger partial charge is 0.508 e. The number of aromatic hydroxyl groups is 1. The van der Waals surface area contributed by atoms with Crippen molar-refractivity contribution in [3.05, 3.63) is 34.9 Å². The minimum atomic E-state index is -1.11. The third kappa shape index (κ3) is 3.58. The predicted octanol–water partition coefficient (Wildman–Crippen LogP) is 5.91. The molecule has 0 fully saturated rings. The molecule has 1 aromatic rings. The molecule has 5 heteroatoms. The molecule has 0 spiro atoms. The van der Waals surface area contributed by atoms with Crippen molar-refractivity contribution in [1.82, 2.24) is 0 Å². The van der Waals surface area contributed by atoms with Crippen molar-refractivity contribution >= 4 is 21.9 Å². The Morgan fingerprint density at radius 3 is 2.71 bits per heavy atom. The Morgan fingerprint density at radius 2 is 2.11 bits per heavy atom. The fourth-order valence-corrected chi connectivity index (χ4v) is 5.45. The molecule has 0 amide bonds. The van der Waals surface area contributed by atoms with Crippen LogP contribution < -0.4 is 4.74 Å². The molecule has 1 heterocycles. The Morgan fingerprint density at radius 1 is 1.43 bits per heavy atom. The molecule has 0 bridgehead atoms. The number of hydrogen-bond acceptors (Lipinski definition) is 3. The summed E-state index contributed by atoms with van der Waals surface area (Å²) < 4.78 is 6.36. The first-order chi connectivity index (χ1) is 13.0. The maximum atomic E-state index is 12.2. The Labute approximate surface area is 176 Å². The number of ether oxygens (including phenoxy) is 1. The number of carboxylic acids is 1. The van der Waals surface area contributed by atoms with Gasteiger partial charge in [0.25, 0.3) is 0 Å². The van der Waals surface area contributed by atoms with E-state index in [4.69, 9.17) is 4.74 Å². The highest BCUT2D eigenvalue weighted by molar-refractivity contribution is 9.09. The van der Waals surface area contributed by atoms with E-state index in [0.29, 0.717) is 23.7 Å². The highest BCUT2D eigenvalue weighted by Crippen LogP contribution is 2.55. The first-order valence-corrected chi connectivity index (χ1v) is 11.0. The molecule has 3 rings (SSSR count). The lowest BCUT2D eigenvalue weighted by Crippen LogP contribution is -2.45. The summed E-state index contributed by atoms with van der Waals surface area (Å²) in [5.74, 6) is 0.370. The molecule has 4 nitrogen and oxygen atoms in total. The number of fused-ring (bicyclic) bond motifs is 3. The Kier molecular flexibility index (Phi) is 5.61. The lowest BCUT2D eigenvalue weighted by Gasteiger charge is -2.47. The second-order valence-corrected chi connectivity index (χ2v) is 10.5. The number of carbonyl (C=O) groups is 1. The fraction of sp³-hybridized carbons (Fsp3) is 0.609. The Bertz CT molecular complexity index is 813. The third-order valence-electron chi connectivity index (χ3n) is 6.69. The van der Waals surface area contributed by atoms with Crippen molar-refractivity contribution in [3.63, 3.8) is 0 Å². The number of rotatable bonds is 5. The van der Waals surface area contributed by atoms with E-state index < -0.39 is 11.4 Å². The molecule has 1 aliphatic carbocycles. The van der Waals surface area contributed by atoms with E-state index in [1.165, 1.54) is 5.57 Å². The molecule has 0 radical (unpaired) electrons. The van der Waals surface area contributed by atoms with E-state index in [-0.39, 0.29) is 22.1 Å². The van der Waals surface area contributed by atoms with Gasteiger partial charge in [-0.05, 0) is 71.1 Å². The number of allylic oxidation sites excluding steroid dienone is 2. The lowest BCUT2D eigenvalue weighted by molar-refractivity contribution is -0.143. The smallest absolute Gasteiger partial charge is 0.313 e. The van der Waals surface area contributed by atoms with Crippen LogP contribution in [0.4, 0.5) is 0 Å².